The molecule has 1 saturated carbocycles. The molecular weight excluding hydrogens is 313 g/mol. The van der Waals surface area contributed by atoms with Crippen molar-refractivity contribution >= 4 is 5.97 Å². The quantitative estimate of drug-likeness (QED) is 0.843. The molecule has 0 unspecified atom stereocenters. The first-order valence-electron chi connectivity index (χ1n) is 7.60. The number of ether oxygens (including phenoxy) is 2. The monoisotopic (exact) mass is 332 g/mol. The number of carboxylic acids is 1. The van der Waals surface area contributed by atoms with Crippen LogP contribution in [0.1, 0.15) is 44.1 Å². The molecule has 1 N–H and O–H groups in total. The summed E-state index contributed by atoms with van der Waals surface area (Å²) in [5.74, 6) is -1.37. The summed E-state index contributed by atoms with van der Waals surface area (Å²) >= 11 is 0. The minimum atomic E-state index is -4.82. The fourth-order valence-electron chi connectivity index (χ4n) is 2.62. The molecule has 2 rings (SSSR count). The molecule has 0 heterocycles. The van der Waals surface area contributed by atoms with Gasteiger partial charge in [-0.05, 0) is 49.8 Å². The van der Waals surface area contributed by atoms with Gasteiger partial charge in [-0.15, -0.1) is 13.2 Å². The van der Waals surface area contributed by atoms with Crippen LogP contribution in [-0.4, -0.2) is 23.5 Å². The van der Waals surface area contributed by atoms with Gasteiger partial charge in [0, 0.05) is 6.42 Å². The van der Waals surface area contributed by atoms with Gasteiger partial charge in [0.25, 0.3) is 0 Å². The van der Waals surface area contributed by atoms with E-state index in [9.17, 15) is 18.0 Å². The van der Waals surface area contributed by atoms with Crippen molar-refractivity contribution in [3.8, 4) is 11.5 Å². The van der Waals surface area contributed by atoms with Crippen LogP contribution < -0.4 is 9.47 Å². The molecule has 0 radical (unpaired) electrons. The van der Waals surface area contributed by atoms with Gasteiger partial charge in [-0.3, -0.25) is 4.79 Å². The lowest BCUT2D eigenvalue weighted by atomic mass is 9.98. The normalized spacial score (nSPS) is 16.1. The number of alkyl halides is 3. The number of carboxylic acid groups (broad SMARTS) is 1. The van der Waals surface area contributed by atoms with Gasteiger partial charge in [0.05, 0.1) is 6.10 Å². The van der Waals surface area contributed by atoms with Gasteiger partial charge in [-0.25, -0.2) is 0 Å². The Balaban J connectivity index is 2.15. The Bertz CT molecular complexity index is 537. The highest BCUT2D eigenvalue weighted by Gasteiger charge is 2.33. The van der Waals surface area contributed by atoms with Gasteiger partial charge in [0.1, 0.15) is 0 Å². The summed E-state index contributed by atoms with van der Waals surface area (Å²) in [4.78, 5) is 10.6. The van der Waals surface area contributed by atoms with Crippen molar-refractivity contribution < 1.29 is 32.5 Å². The van der Waals surface area contributed by atoms with Crippen molar-refractivity contribution in [1.29, 1.82) is 0 Å². The minimum Gasteiger partial charge on any atom is -0.487 e. The van der Waals surface area contributed by atoms with Gasteiger partial charge >= 0.3 is 12.3 Å². The number of benzene rings is 1. The van der Waals surface area contributed by atoms with Crippen molar-refractivity contribution in [1.82, 2.24) is 0 Å². The van der Waals surface area contributed by atoms with Crippen molar-refractivity contribution in [2.45, 2.75) is 57.4 Å². The van der Waals surface area contributed by atoms with Crippen LogP contribution in [0.25, 0.3) is 0 Å². The molecule has 0 aliphatic heterocycles. The van der Waals surface area contributed by atoms with Crippen LogP contribution in [0.3, 0.4) is 0 Å². The Morgan fingerprint density at radius 1 is 1.17 bits per heavy atom. The summed E-state index contributed by atoms with van der Waals surface area (Å²) in [5, 5.41) is 8.67. The lowest BCUT2D eigenvalue weighted by Gasteiger charge is -2.24. The Morgan fingerprint density at radius 2 is 1.87 bits per heavy atom. The largest absolute Gasteiger partial charge is 0.573 e. The van der Waals surface area contributed by atoms with E-state index < -0.39 is 18.1 Å². The van der Waals surface area contributed by atoms with Crippen LogP contribution in [0.2, 0.25) is 0 Å². The van der Waals surface area contributed by atoms with Crippen LogP contribution in [0.4, 0.5) is 13.2 Å². The molecule has 128 valence electrons. The highest BCUT2D eigenvalue weighted by atomic mass is 19.4. The molecule has 1 aliphatic rings. The van der Waals surface area contributed by atoms with E-state index in [-0.39, 0.29) is 24.7 Å². The summed E-state index contributed by atoms with van der Waals surface area (Å²) in [6, 6.07) is 4.20. The molecule has 1 fully saturated rings. The van der Waals surface area contributed by atoms with Gasteiger partial charge in [0.2, 0.25) is 0 Å². The third kappa shape index (κ3) is 6.00. The molecule has 0 spiro atoms. The third-order valence-corrected chi connectivity index (χ3v) is 3.71. The summed E-state index contributed by atoms with van der Waals surface area (Å²) < 4.78 is 47.4. The molecular formula is C16H19F3O4. The number of halogens is 3. The second-order valence-electron chi connectivity index (χ2n) is 5.60. The second-order valence-corrected chi connectivity index (χ2v) is 5.60. The standard InChI is InChI=1S/C16H19F3O4/c17-16(18,19)23-14-10-11(7-9-15(20)21)6-8-13(14)22-12-4-2-1-3-5-12/h6,8,10,12H,1-5,7,9H2,(H,20,21). The first kappa shape index (κ1) is 17.4. The molecule has 1 aromatic rings. The predicted octanol–water partition coefficient (Wildman–Crippen LogP) is 4.31. The van der Waals surface area contributed by atoms with Crippen molar-refractivity contribution in [3.63, 3.8) is 0 Å². The lowest BCUT2D eigenvalue weighted by molar-refractivity contribution is -0.275. The molecule has 0 bridgehead atoms. The SMILES string of the molecule is O=C(O)CCc1ccc(OC2CCCCC2)c(OC(F)(F)F)c1. The molecule has 0 saturated heterocycles. The topological polar surface area (TPSA) is 55.8 Å². The molecule has 0 atom stereocenters. The average molecular weight is 332 g/mol. The van der Waals surface area contributed by atoms with Gasteiger partial charge in [-0.1, -0.05) is 12.5 Å². The van der Waals surface area contributed by atoms with Crippen LogP contribution in [0.5, 0.6) is 11.5 Å². The van der Waals surface area contributed by atoms with Crippen LogP contribution in [0.15, 0.2) is 18.2 Å². The fraction of sp³-hybridized carbons (Fsp3) is 0.562. The summed E-state index contributed by atoms with van der Waals surface area (Å²) in [5.41, 5.74) is 0.461. The summed E-state index contributed by atoms with van der Waals surface area (Å²) in [6.07, 6.45) is -0.229. The van der Waals surface area contributed by atoms with E-state index in [1.807, 2.05) is 0 Å². The number of rotatable bonds is 6. The molecule has 23 heavy (non-hydrogen) atoms. The first-order chi connectivity index (χ1) is 10.8. The Hall–Kier alpha value is -1.92. The van der Waals surface area contributed by atoms with E-state index in [1.54, 1.807) is 6.07 Å². The smallest absolute Gasteiger partial charge is 0.487 e. The van der Waals surface area contributed by atoms with E-state index >= 15 is 0 Å². The Kier molecular flexibility index (Phi) is 5.74. The zero-order valence-electron chi connectivity index (χ0n) is 12.6. The zero-order chi connectivity index (χ0) is 16.9. The Labute approximate surface area is 132 Å². The van der Waals surface area contributed by atoms with E-state index in [2.05, 4.69) is 4.74 Å². The van der Waals surface area contributed by atoms with Crippen molar-refractivity contribution in [2.24, 2.45) is 0 Å². The molecule has 7 heteroatoms. The third-order valence-electron chi connectivity index (χ3n) is 3.71. The van der Waals surface area contributed by atoms with E-state index in [4.69, 9.17) is 9.84 Å². The van der Waals surface area contributed by atoms with Crippen molar-refractivity contribution in [2.75, 3.05) is 0 Å². The minimum absolute atomic E-state index is 0.0494. The average Bonchev–Trinajstić information content (AvgIpc) is 2.47. The fourth-order valence-corrected chi connectivity index (χ4v) is 2.62. The van der Waals surface area contributed by atoms with Crippen LogP contribution in [-0.2, 0) is 11.2 Å². The molecule has 1 aliphatic carbocycles. The molecule has 4 nitrogen and oxygen atoms in total. The molecule has 0 aromatic heterocycles. The van der Waals surface area contributed by atoms with E-state index in [0.29, 0.717) is 5.56 Å². The maximum Gasteiger partial charge on any atom is 0.573 e. The lowest BCUT2D eigenvalue weighted by Crippen LogP contribution is -2.22. The zero-order valence-corrected chi connectivity index (χ0v) is 12.6. The number of hydrogen-bond acceptors (Lipinski definition) is 3. The summed E-state index contributed by atoms with van der Waals surface area (Å²) in [7, 11) is 0. The van der Waals surface area contributed by atoms with E-state index in [1.165, 1.54) is 12.1 Å². The van der Waals surface area contributed by atoms with E-state index in [0.717, 1.165) is 32.1 Å². The Morgan fingerprint density at radius 3 is 2.48 bits per heavy atom. The second kappa shape index (κ2) is 7.57. The highest BCUT2D eigenvalue weighted by molar-refractivity contribution is 5.67. The van der Waals surface area contributed by atoms with Crippen LogP contribution in [0, 0.1) is 0 Å². The highest BCUT2D eigenvalue weighted by Crippen LogP contribution is 2.35. The summed E-state index contributed by atoms with van der Waals surface area (Å²) in [6.45, 7) is 0. The van der Waals surface area contributed by atoms with Crippen LogP contribution >= 0.6 is 0 Å². The molecule has 1 aromatic carbocycles. The predicted molar refractivity (Wildman–Crippen MR) is 76.6 cm³/mol. The first-order valence-corrected chi connectivity index (χ1v) is 7.60. The van der Waals surface area contributed by atoms with Crippen molar-refractivity contribution in [3.05, 3.63) is 23.8 Å². The number of aryl methyl sites for hydroxylation is 1. The van der Waals surface area contributed by atoms with Gasteiger partial charge < -0.3 is 14.6 Å². The maximum absolute atomic E-state index is 12.6. The van der Waals surface area contributed by atoms with Gasteiger partial charge in [-0.2, -0.15) is 0 Å². The number of hydrogen-bond donors (Lipinski definition) is 1. The maximum atomic E-state index is 12.6. The molecule has 0 amide bonds. The number of aliphatic carboxylic acids is 1. The number of carbonyl (C=O) groups is 1. The van der Waals surface area contributed by atoms with Gasteiger partial charge in [0.15, 0.2) is 11.5 Å².